The van der Waals surface area contributed by atoms with Crippen LogP contribution in [0.25, 0.3) is 11.1 Å². The minimum Gasteiger partial charge on any atom is -0.507 e. The first-order chi connectivity index (χ1) is 16.5. The van der Waals surface area contributed by atoms with E-state index in [1.54, 1.807) is 18.2 Å². The summed E-state index contributed by atoms with van der Waals surface area (Å²) in [6.45, 7) is 3.88. The predicted molar refractivity (Wildman–Crippen MR) is 128 cm³/mol. The van der Waals surface area contributed by atoms with Crippen molar-refractivity contribution in [3.63, 3.8) is 0 Å². The summed E-state index contributed by atoms with van der Waals surface area (Å²) in [5.74, 6) is -4.10. The number of nitrogen functional groups attached to an aromatic ring is 1. The lowest BCUT2D eigenvalue weighted by Crippen LogP contribution is -2.24. The van der Waals surface area contributed by atoms with Crippen molar-refractivity contribution < 1.29 is 24.9 Å². The molecular weight excluding hydrogens is 448 g/mol. The number of carbonyl (C=O) groups is 2. The molecule has 0 radical (unpaired) electrons. The summed E-state index contributed by atoms with van der Waals surface area (Å²) in [6.07, 6.45) is -1.50. The molecule has 6 N–H and O–H groups in total. The largest absolute Gasteiger partial charge is 0.507 e. The van der Waals surface area contributed by atoms with E-state index in [9.17, 15) is 24.9 Å². The Kier molecular flexibility index (Phi) is 6.09. The number of nitrogens with one attached hydrogen (secondary N) is 1. The normalized spacial score (nSPS) is 15.0. The smallest absolute Gasteiger partial charge is 0.311 e. The molecule has 1 aliphatic rings. The number of carboxylic acid groups (broad SMARTS) is 2. The first-order valence-electron chi connectivity index (χ1n) is 10.8. The van der Waals surface area contributed by atoms with E-state index >= 15 is 0 Å². The molecule has 1 aliphatic heterocycles. The minimum absolute atomic E-state index is 0.117. The van der Waals surface area contributed by atoms with Gasteiger partial charge in [-0.05, 0) is 66.4 Å². The number of hydrogen-bond acceptors (Lipinski definition) is 6. The van der Waals surface area contributed by atoms with E-state index in [4.69, 9.17) is 11.1 Å². The standard InChI is InChI=1S/C26H24N4O5/c1-12-3-4-14(7-13(12)2)17-8-16(18(26(34)35)11-22(31)32)9-19(23(17)33)25-29-20-6-5-15(24(27)28)10-21(20)30-25/h3-10,18,25,33H,11H2,1-2H3,(H3,27,28)(H,31,32)(H,34,35). The number of rotatable bonds is 7. The molecule has 0 aromatic heterocycles. The number of aryl methyl sites for hydroxylation is 2. The lowest BCUT2D eigenvalue weighted by molar-refractivity contribution is -0.145. The zero-order chi connectivity index (χ0) is 25.4. The van der Waals surface area contributed by atoms with Crippen LogP contribution in [-0.4, -0.2) is 33.1 Å². The molecule has 0 spiro atoms. The highest BCUT2D eigenvalue weighted by atomic mass is 16.4. The Hall–Kier alpha value is -4.53. The molecule has 1 heterocycles. The fourth-order valence-electron chi connectivity index (χ4n) is 4.06. The Labute approximate surface area is 200 Å². The van der Waals surface area contributed by atoms with Crippen LogP contribution >= 0.6 is 0 Å². The Morgan fingerprint density at radius 1 is 1.00 bits per heavy atom. The molecule has 2 atom stereocenters. The molecule has 3 aromatic rings. The average Bonchev–Trinajstić information content (AvgIpc) is 3.22. The van der Waals surface area contributed by atoms with Gasteiger partial charge in [0.2, 0.25) is 0 Å². The van der Waals surface area contributed by atoms with Crippen LogP contribution in [0.2, 0.25) is 0 Å². The summed E-state index contributed by atoms with van der Waals surface area (Å²) >= 11 is 0. The first-order valence-corrected chi connectivity index (χ1v) is 10.8. The van der Waals surface area contributed by atoms with Crippen LogP contribution in [-0.2, 0) is 9.59 Å². The molecule has 35 heavy (non-hydrogen) atoms. The number of phenols is 1. The quantitative estimate of drug-likeness (QED) is 0.261. The fourth-order valence-corrected chi connectivity index (χ4v) is 4.06. The van der Waals surface area contributed by atoms with Crippen LogP contribution in [0.1, 0.15) is 46.3 Å². The summed E-state index contributed by atoms with van der Waals surface area (Å²) in [5, 5.41) is 39.0. The summed E-state index contributed by atoms with van der Waals surface area (Å²) in [4.78, 5) is 32.5. The lowest BCUT2D eigenvalue weighted by Gasteiger charge is -2.18. The molecule has 0 bridgehead atoms. The second-order valence-electron chi connectivity index (χ2n) is 8.54. The van der Waals surface area contributed by atoms with Crippen molar-refractivity contribution >= 4 is 17.8 Å². The number of aromatic hydroxyl groups is 1. The van der Waals surface area contributed by atoms with Gasteiger partial charge in [-0.25, -0.2) is 0 Å². The van der Waals surface area contributed by atoms with Gasteiger partial charge in [-0.2, -0.15) is 0 Å². The molecular formula is C26H24N4O5. The van der Waals surface area contributed by atoms with Crippen LogP contribution in [0.5, 0.6) is 5.75 Å². The van der Waals surface area contributed by atoms with Gasteiger partial charge >= 0.3 is 11.9 Å². The third kappa shape index (κ3) is 4.61. The van der Waals surface area contributed by atoms with Gasteiger partial charge in [0, 0.05) is 16.7 Å². The third-order valence-electron chi connectivity index (χ3n) is 6.15. The third-order valence-corrected chi connectivity index (χ3v) is 6.15. The van der Waals surface area contributed by atoms with Gasteiger partial charge in [0.15, 0.2) is 6.17 Å². The highest BCUT2D eigenvalue weighted by Crippen LogP contribution is 2.41. The first kappa shape index (κ1) is 23.6. The van der Waals surface area contributed by atoms with Gasteiger partial charge in [-0.1, -0.05) is 18.2 Å². The molecule has 0 fully saturated rings. The summed E-state index contributed by atoms with van der Waals surface area (Å²) < 4.78 is 0. The number of nitrogens with zero attached hydrogens (tertiary/aromatic N) is 2. The number of fused-ring (bicyclic) bond motifs is 1. The van der Waals surface area contributed by atoms with Crippen molar-refractivity contribution in [2.75, 3.05) is 0 Å². The molecule has 2 unspecified atom stereocenters. The zero-order valence-corrected chi connectivity index (χ0v) is 19.1. The number of amidine groups is 1. The SMILES string of the molecule is Cc1ccc(-c2cc(C(CC(=O)O)C(=O)O)cc(C3N=c4ccc(C(=N)N)cc4=N3)c2O)cc1C. The maximum atomic E-state index is 12.0. The topological polar surface area (TPSA) is 169 Å². The summed E-state index contributed by atoms with van der Waals surface area (Å²) in [7, 11) is 0. The average molecular weight is 473 g/mol. The predicted octanol–water partition coefficient (Wildman–Crippen LogP) is 2.55. The number of carboxylic acids is 2. The zero-order valence-electron chi connectivity index (χ0n) is 19.1. The maximum Gasteiger partial charge on any atom is 0.311 e. The van der Waals surface area contributed by atoms with E-state index < -0.39 is 30.4 Å². The van der Waals surface area contributed by atoms with Gasteiger partial charge in [-0.3, -0.25) is 25.0 Å². The molecule has 9 nitrogen and oxygen atoms in total. The van der Waals surface area contributed by atoms with E-state index in [-0.39, 0.29) is 22.7 Å². The molecule has 3 aromatic carbocycles. The molecule has 0 amide bonds. The number of hydrogen-bond donors (Lipinski definition) is 5. The molecule has 0 saturated heterocycles. The van der Waals surface area contributed by atoms with E-state index in [1.165, 1.54) is 12.1 Å². The number of nitrogens with two attached hydrogens (primary N) is 1. The number of phenolic OH excluding ortho intramolecular Hbond substituents is 1. The van der Waals surface area contributed by atoms with Crippen LogP contribution in [0.4, 0.5) is 0 Å². The molecule has 0 aliphatic carbocycles. The highest BCUT2D eigenvalue weighted by Gasteiger charge is 2.28. The van der Waals surface area contributed by atoms with Crippen molar-refractivity contribution in [2.45, 2.75) is 32.4 Å². The van der Waals surface area contributed by atoms with Crippen molar-refractivity contribution in [3.05, 3.63) is 87.1 Å². The van der Waals surface area contributed by atoms with Gasteiger partial charge in [0.1, 0.15) is 11.6 Å². The van der Waals surface area contributed by atoms with Crippen LogP contribution in [0.15, 0.2) is 58.5 Å². The highest BCUT2D eigenvalue weighted by molar-refractivity contribution is 5.94. The Morgan fingerprint density at radius 3 is 2.34 bits per heavy atom. The molecule has 9 heteroatoms. The molecule has 178 valence electrons. The van der Waals surface area contributed by atoms with Crippen molar-refractivity contribution in [3.8, 4) is 16.9 Å². The summed E-state index contributed by atoms with van der Waals surface area (Å²) in [5.41, 5.74) is 9.59. The minimum atomic E-state index is -1.33. The molecule has 4 rings (SSSR count). The van der Waals surface area contributed by atoms with Crippen LogP contribution in [0.3, 0.4) is 0 Å². The monoisotopic (exact) mass is 472 g/mol. The van der Waals surface area contributed by atoms with E-state index in [1.807, 2.05) is 32.0 Å². The second-order valence-corrected chi connectivity index (χ2v) is 8.54. The van der Waals surface area contributed by atoms with E-state index in [0.29, 0.717) is 27.4 Å². The Morgan fingerprint density at radius 2 is 1.71 bits per heavy atom. The van der Waals surface area contributed by atoms with Crippen molar-refractivity contribution in [2.24, 2.45) is 15.7 Å². The summed E-state index contributed by atoms with van der Waals surface area (Å²) in [6, 6.07) is 13.5. The Bertz CT molecular complexity index is 1510. The second kappa shape index (κ2) is 9.02. The lowest BCUT2D eigenvalue weighted by atomic mass is 9.88. The van der Waals surface area contributed by atoms with Gasteiger partial charge in [0.25, 0.3) is 0 Å². The van der Waals surface area contributed by atoms with Crippen molar-refractivity contribution in [1.82, 2.24) is 0 Å². The van der Waals surface area contributed by atoms with Crippen LogP contribution in [0, 0.1) is 19.3 Å². The fraction of sp³-hybridized carbons (Fsp3) is 0.192. The van der Waals surface area contributed by atoms with Gasteiger partial charge in [-0.15, -0.1) is 0 Å². The van der Waals surface area contributed by atoms with Gasteiger partial charge < -0.3 is 21.1 Å². The Balaban J connectivity index is 1.93. The maximum absolute atomic E-state index is 12.0. The van der Waals surface area contributed by atoms with Gasteiger partial charge in [0.05, 0.1) is 23.1 Å². The van der Waals surface area contributed by atoms with E-state index in [2.05, 4.69) is 9.98 Å². The van der Waals surface area contributed by atoms with Crippen LogP contribution < -0.4 is 16.4 Å². The number of benzene rings is 3. The van der Waals surface area contributed by atoms with E-state index in [0.717, 1.165) is 11.1 Å². The molecule has 0 saturated carbocycles. The van der Waals surface area contributed by atoms with Crippen molar-refractivity contribution in [1.29, 1.82) is 5.41 Å². The number of aliphatic carboxylic acids is 2.